The first-order chi connectivity index (χ1) is 17.7. The standard InChI is InChI=1S/C22H25N13O2/c23-17-15-19(33-21(25)31-17)27-6-11(29-15)8-35(4-3-10-1-2-13(36)14(37)5-10)9-12-7-28-20-16(30-12)18(24)32-22(26)34-20/h1-2,5-7,11,29,36-37H,3-4,8-9H2,(H4,23,25,31,33)(H4,24,26,28,32,34). The van der Waals surface area contributed by atoms with E-state index in [4.69, 9.17) is 22.9 Å². The van der Waals surface area contributed by atoms with Crippen molar-refractivity contribution < 1.29 is 10.2 Å². The summed E-state index contributed by atoms with van der Waals surface area (Å²) in [6, 6.07) is 4.52. The monoisotopic (exact) mass is 503 g/mol. The number of aromatic nitrogens is 6. The molecule has 1 unspecified atom stereocenters. The molecule has 11 N–H and O–H groups in total. The van der Waals surface area contributed by atoms with Gasteiger partial charge in [-0.05, 0) is 24.1 Å². The molecule has 0 saturated heterocycles. The zero-order valence-corrected chi connectivity index (χ0v) is 19.6. The number of aromatic hydroxyl groups is 2. The van der Waals surface area contributed by atoms with Crippen LogP contribution >= 0.6 is 0 Å². The van der Waals surface area contributed by atoms with E-state index >= 15 is 0 Å². The molecule has 0 spiro atoms. The summed E-state index contributed by atoms with van der Waals surface area (Å²) in [7, 11) is 0. The summed E-state index contributed by atoms with van der Waals surface area (Å²) in [5, 5.41) is 22.8. The number of anilines is 5. The molecule has 15 nitrogen and oxygen atoms in total. The van der Waals surface area contributed by atoms with Gasteiger partial charge in [0, 0.05) is 25.8 Å². The first-order valence-electron chi connectivity index (χ1n) is 11.3. The number of hydrogen-bond donors (Lipinski definition) is 7. The molecule has 0 fully saturated rings. The zero-order valence-electron chi connectivity index (χ0n) is 19.6. The van der Waals surface area contributed by atoms with Crippen molar-refractivity contribution in [2.24, 2.45) is 4.99 Å². The van der Waals surface area contributed by atoms with E-state index in [1.165, 1.54) is 12.1 Å². The molecule has 1 aromatic carbocycles. The van der Waals surface area contributed by atoms with Crippen molar-refractivity contribution in [1.29, 1.82) is 0 Å². The van der Waals surface area contributed by atoms with Crippen LogP contribution in [0.5, 0.6) is 11.5 Å². The number of nitrogen functional groups attached to an aromatic ring is 4. The van der Waals surface area contributed by atoms with Gasteiger partial charge in [0.05, 0.1) is 17.9 Å². The number of benzene rings is 1. The minimum absolute atomic E-state index is 0.0266. The molecule has 1 aliphatic rings. The second-order valence-electron chi connectivity index (χ2n) is 8.50. The average molecular weight is 504 g/mol. The highest BCUT2D eigenvalue weighted by Crippen LogP contribution is 2.31. The Labute approximate surface area is 210 Å². The number of phenols is 2. The number of nitrogens with two attached hydrogens (primary N) is 4. The van der Waals surface area contributed by atoms with Crippen molar-refractivity contribution in [3.63, 3.8) is 0 Å². The van der Waals surface area contributed by atoms with Crippen LogP contribution in [0.4, 0.5) is 35.0 Å². The van der Waals surface area contributed by atoms with Crippen LogP contribution < -0.4 is 28.3 Å². The fourth-order valence-corrected chi connectivity index (χ4v) is 4.00. The zero-order chi connectivity index (χ0) is 26.1. The maximum Gasteiger partial charge on any atom is 0.224 e. The number of nitrogens with one attached hydrogen (secondary N) is 1. The van der Waals surface area contributed by atoms with Crippen LogP contribution in [0.1, 0.15) is 11.3 Å². The van der Waals surface area contributed by atoms with Crippen molar-refractivity contribution in [2.75, 3.05) is 41.3 Å². The fraction of sp³-hybridized carbons (Fsp3) is 0.227. The van der Waals surface area contributed by atoms with Crippen molar-refractivity contribution in [3.8, 4) is 11.5 Å². The van der Waals surface area contributed by atoms with Gasteiger partial charge in [-0.3, -0.25) is 4.90 Å². The van der Waals surface area contributed by atoms with E-state index in [1.807, 2.05) is 0 Å². The van der Waals surface area contributed by atoms with Crippen molar-refractivity contribution in [3.05, 3.63) is 35.7 Å². The van der Waals surface area contributed by atoms with Crippen LogP contribution in [0.3, 0.4) is 0 Å². The molecule has 0 amide bonds. The predicted octanol–water partition coefficient (Wildman–Crippen LogP) is 0.191. The predicted molar refractivity (Wildman–Crippen MR) is 139 cm³/mol. The third-order valence-electron chi connectivity index (χ3n) is 5.74. The van der Waals surface area contributed by atoms with E-state index in [0.29, 0.717) is 54.4 Å². The van der Waals surface area contributed by atoms with E-state index in [1.54, 1.807) is 18.5 Å². The minimum atomic E-state index is -0.225. The fourth-order valence-electron chi connectivity index (χ4n) is 4.00. The Hall–Kier alpha value is -5.05. The second-order valence-corrected chi connectivity index (χ2v) is 8.50. The molecular weight excluding hydrogens is 478 g/mol. The van der Waals surface area contributed by atoms with Crippen LogP contribution in [0.25, 0.3) is 11.2 Å². The number of phenolic OH excluding ortho intramolecular Hbond substituents is 2. The molecule has 3 aromatic heterocycles. The molecule has 4 heterocycles. The Morgan fingerprint density at radius 2 is 1.70 bits per heavy atom. The Balaban J connectivity index is 1.38. The highest BCUT2D eigenvalue weighted by molar-refractivity contribution is 5.86. The maximum atomic E-state index is 9.87. The molecule has 1 atom stereocenters. The Morgan fingerprint density at radius 1 is 0.919 bits per heavy atom. The van der Waals surface area contributed by atoms with Gasteiger partial charge in [0.15, 0.2) is 40.1 Å². The van der Waals surface area contributed by atoms with Crippen LogP contribution in [-0.2, 0) is 13.0 Å². The van der Waals surface area contributed by atoms with Gasteiger partial charge in [-0.2, -0.15) is 19.9 Å². The van der Waals surface area contributed by atoms with Crippen molar-refractivity contribution in [1.82, 2.24) is 34.8 Å². The molecule has 4 aromatic rings. The number of rotatable bonds is 7. The lowest BCUT2D eigenvalue weighted by molar-refractivity contribution is 0.267. The lowest BCUT2D eigenvalue weighted by Gasteiger charge is -2.28. The van der Waals surface area contributed by atoms with Gasteiger partial charge in [-0.1, -0.05) is 6.07 Å². The molecule has 5 rings (SSSR count). The molecule has 0 aliphatic carbocycles. The van der Waals surface area contributed by atoms with Gasteiger partial charge in [-0.25, -0.2) is 15.0 Å². The number of nitrogens with zero attached hydrogens (tertiary/aromatic N) is 8. The summed E-state index contributed by atoms with van der Waals surface area (Å²) in [6.45, 7) is 1.48. The molecule has 37 heavy (non-hydrogen) atoms. The molecule has 0 saturated carbocycles. The molecule has 1 aliphatic heterocycles. The van der Waals surface area contributed by atoms with Crippen LogP contribution in [-0.4, -0.2) is 70.4 Å². The average Bonchev–Trinajstić information content (AvgIpc) is 2.85. The quantitative estimate of drug-likeness (QED) is 0.166. The van der Waals surface area contributed by atoms with Crippen molar-refractivity contribution in [2.45, 2.75) is 19.0 Å². The second kappa shape index (κ2) is 9.54. The Kier molecular flexibility index (Phi) is 6.10. The van der Waals surface area contributed by atoms with E-state index < -0.39 is 0 Å². The molecular formula is C22H25N13O2. The topological polar surface area (TPSA) is 250 Å². The van der Waals surface area contributed by atoms with Crippen LogP contribution in [0.2, 0.25) is 0 Å². The number of hydrogen-bond acceptors (Lipinski definition) is 15. The van der Waals surface area contributed by atoms with E-state index in [2.05, 4.69) is 45.1 Å². The third-order valence-corrected chi connectivity index (χ3v) is 5.74. The van der Waals surface area contributed by atoms with Gasteiger partial charge in [0.2, 0.25) is 11.9 Å². The largest absolute Gasteiger partial charge is 0.504 e. The summed E-state index contributed by atoms with van der Waals surface area (Å²) in [4.78, 5) is 31.6. The van der Waals surface area contributed by atoms with Gasteiger partial charge in [-0.15, -0.1) is 0 Å². The first kappa shape index (κ1) is 23.7. The van der Waals surface area contributed by atoms with Gasteiger partial charge in [0.25, 0.3) is 0 Å². The van der Waals surface area contributed by atoms with Gasteiger partial charge >= 0.3 is 0 Å². The maximum absolute atomic E-state index is 9.87. The van der Waals surface area contributed by atoms with Crippen LogP contribution in [0, 0.1) is 0 Å². The van der Waals surface area contributed by atoms with Gasteiger partial charge < -0.3 is 38.5 Å². The molecule has 190 valence electrons. The summed E-state index contributed by atoms with van der Waals surface area (Å²) in [5.41, 5.74) is 26.0. The molecule has 0 bridgehead atoms. The molecule has 0 radical (unpaired) electrons. The van der Waals surface area contributed by atoms with Crippen molar-refractivity contribution >= 4 is 52.4 Å². The van der Waals surface area contributed by atoms with Gasteiger partial charge in [0.1, 0.15) is 5.69 Å². The normalized spacial score (nSPS) is 14.6. The van der Waals surface area contributed by atoms with E-state index in [9.17, 15) is 10.2 Å². The highest BCUT2D eigenvalue weighted by atomic mass is 16.3. The number of aliphatic imine (C=N–C) groups is 1. The lowest BCUT2D eigenvalue weighted by atomic mass is 10.1. The minimum Gasteiger partial charge on any atom is -0.504 e. The first-order valence-corrected chi connectivity index (χ1v) is 11.3. The highest BCUT2D eigenvalue weighted by Gasteiger charge is 2.22. The van der Waals surface area contributed by atoms with Crippen LogP contribution in [0.15, 0.2) is 29.4 Å². The smallest absolute Gasteiger partial charge is 0.224 e. The third kappa shape index (κ3) is 5.15. The summed E-state index contributed by atoms with van der Waals surface area (Å²) in [6.07, 6.45) is 3.92. The van der Waals surface area contributed by atoms with E-state index in [-0.39, 0.29) is 41.1 Å². The summed E-state index contributed by atoms with van der Waals surface area (Å²) >= 11 is 0. The SMILES string of the molecule is Nc1nc(N)c2c(n1)N=CC(CN(CCc1ccc(O)c(O)c1)Cc1cnc3nc(N)nc(N)c3n1)N2. The summed E-state index contributed by atoms with van der Waals surface area (Å²) < 4.78 is 0. The molecule has 15 heteroatoms. The lowest BCUT2D eigenvalue weighted by Crippen LogP contribution is -2.40. The Morgan fingerprint density at radius 3 is 2.51 bits per heavy atom. The number of fused-ring (bicyclic) bond motifs is 2. The summed E-state index contributed by atoms with van der Waals surface area (Å²) in [5.74, 6) is 0.468. The van der Waals surface area contributed by atoms with E-state index in [0.717, 1.165) is 5.56 Å². The Bertz CT molecular complexity index is 1510.